The molecule has 0 spiro atoms. The van der Waals surface area contributed by atoms with E-state index in [9.17, 15) is 57.7 Å². The van der Waals surface area contributed by atoms with Gasteiger partial charge in [-0.05, 0) is 43.3 Å². The van der Waals surface area contributed by atoms with Crippen molar-refractivity contribution in [2.45, 2.75) is 21.6 Å². The highest BCUT2D eigenvalue weighted by molar-refractivity contribution is 7.91. The van der Waals surface area contributed by atoms with Crippen LogP contribution in [0.1, 0.15) is 11.1 Å². The Balaban J connectivity index is 1.59. The van der Waals surface area contributed by atoms with Crippen molar-refractivity contribution in [3.8, 4) is 11.8 Å². The van der Waals surface area contributed by atoms with Gasteiger partial charge in [-0.1, -0.05) is 6.07 Å². The zero-order chi connectivity index (χ0) is 40.5. The quantitative estimate of drug-likeness (QED) is 0.0580. The number of aromatic nitrogens is 4. The Morgan fingerprint density at radius 1 is 0.764 bits per heavy atom. The summed E-state index contributed by atoms with van der Waals surface area (Å²) in [5.74, 6) is -0.945. The minimum Gasteiger partial charge on any atom is -0.395 e. The van der Waals surface area contributed by atoms with Crippen molar-refractivity contribution in [1.29, 1.82) is 5.26 Å². The second-order valence-electron chi connectivity index (χ2n) is 11.4. The number of benzene rings is 3. The highest BCUT2D eigenvalue weighted by Gasteiger charge is 2.24. The second-order valence-corrected chi connectivity index (χ2v) is 17.9. The summed E-state index contributed by atoms with van der Waals surface area (Å²) in [7, 11) is -18.7. The Bertz CT molecular complexity index is 2870. The predicted molar refractivity (Wildman–Crippen MR) is 193 cm³/mol. The van der Waals surface area contributed by atoms with Crippen LogP contribution in [0.15, 0.2) is 67.4 Å². The van der Waals surface area contributed by atoms with E-state index in [-0.39, 0.29) is 81.4 Å². The Labute approximate surface area is 312 Å². The molecule has 0 unspecified atom stereocenters. The largest absolute Gasteiger partial charge is 0.395 e. The van der Waals surface area contributed by atoms with Gasteiger partial charge in [0.1, 0.15) is 44.1 Å². The maximum Gasteiger partial charge on any atom is 0.296 e. The summed E-state index contributed by atoms with van der Waals surface area (Å²) in [4.78, 5) is 2.63. The average molecular weight is 840 g/mol. The van der Waals surface area contributed by atoms with Crippen LogP contribution in [-0.4, -0.2) is 115 Å². The molecule has 0 saturated heterocycles. The summed E-state index contributed by atoms with van der Waals surface area (Å²) in [6.45, 7) is 0.269. The van der Waals surface area contributed by atoms with Crippen molar-refractivity contribution in [3.63, 3.8) is 0 Å². The third-order valence-electron chi connectivity index (χ3n) is 7.74. The van der Waals surface area contributed by atoms with E-state index >= 15 is 0 Å². The van der Waals surface area contributed by atoms with E-state index in [2.05, 4.69) is 36.0 Å². The van der Waals surface area contributed by atoms with E-state index in [4.69, 9.17) is 5.11 Å². The first-order chi connectivity index (χ1) is 25.7. The van der Waals surface area contributed by atoms with Gasteiger partial charge >= 0.3 is 0 Å². The molecule has 0 radical (unpaired) electrons. The van der Waals surface area contributed by atoms with Gasteiger partial charge in [-0.2, -0.15) is 35.3 Å². The van der Waals surface area contributed by atoms with Gasteiger partial charge in [0, 0.05) is 29.4 Å². The second kappa shape index (κ2) is 15.5. The molecule has 26 heteroatoms. The van der Waals surface area contributed by atoms with Crippen molar-refractivity contribution in [3.05, 3.63) is 53.6 Å². The zero-order valence-corrected chi connectivity index (χ0v) is 31.3. The predicted octanol–water partition coefficient (Wildman–Crippen LogP) is 1.53. The molecular formula is C29H29N9O13S4. The number of hydrogen-bond donors (Lipinski definition) is 7. The van der Waals surface area contributed by atoms with E-state index in [1.54, 1.807) is 0 Å². The average Bonchev–Trinajstić information content (AvgIpc) is 3.54. The molecule has 0 fully saturated rings. The molecule has 3 aromatic carbocycles. The summed E-state index contributed by atoms with van der Waals surface area (Å²) < 4.78 is 127. The first-order valence-electron chi connectivity index (χ1n) is 15.4. The fourth-order valence-corrected chi connectivity index (χ4v) is 8.07. The number of sulfone groups is 1. The molecule has 22 nitrogen and oxygen atoms in total. The molecule has 0 aliphatic rings. The fraction of sp³-hybridized carbons (Fsp3) is 0.241. The number of anilines is 2. The summed E-state index contributed by atoms with van der Waals surface area (Å²) in [6, 6.07) is 9.15. The molecule has 0 saturated carbocycles. The first kappa shape index (κ1) is 40.9. The Morgan fingerprint density at radius 2 is 1.45 bits per heavy atom. The van der Waals surface area contributed by atoms with Gasteiger partial charge in [-0.25, -0.2) is 13.4 Å². The van der Waals surface area contributed by atoms with Crippen LogP contribution in [0, 0.1) is 18.3 Å². The van der Waals surface area contributed by atoms with Crippen molar-refractivity contribution in [2.24, 2.45) is 10.2 Å². The zero-order valence-electron chi connectivity index (χ0n) is 28.0. The number of hydrogen-bond acceptors (Lipinski definition) is 18. The van der Waals surface area contributed by atoms with Crippen LogP contribution in [0.25, 0.3) is 27.5 Å². The third kappa shape index (κ3) is 9.01. The molecule has 2 aromatic heterocycles. The minimum absolute atomic E-state index is 0.0300. The number of nitrogens with zero attached hydrogens (tertiary/aromatic N) is 7. The number of nitrogens with one attached hydrogen (secondary N) is 2. The summed E-state index contributed by atoms with van der Waals surface area (Å²) >= 11 is 0. The molecule has 55 heavy (non-hydrogen) atoms. The molecule has 5 rings (SSSR count). The van der Waals surface area contributed by atoms with Gasteiger partial charge in [0.05, 0.1) is 40.9 Å². The van der Waals surface area contributed by atoms with Gasteiger partial charge in [0.15, 0.2) is 15.7 Å². The number of pyridine rings is 1. The van der Waals surface area contributed by atoms with Gasteiger partial charge in [0.2, 0.25) is 0 Å². The molecular weight excluding hydrogens is 811 g/mol. The minimum atomic E-state index is -5.06. The molecule has 2 heterocycles. The van der Waals surface area contributed by atoms with E-state index in [0.29, 0.717) is 6.07 Å². The van der Waals surface area contributed by atoms with Gasteiger partial charge in [-0.3, -0.25) is 13.7 Å². The summed E-state index contributed by atoms with van der Waals surface area (Å²) in [6.07, 6.45) is 0. The summed E-state index contributed by atoms with van der Waals surface area (Å²) in [5.41, 5.74) is -0.647. The van der Waals surface area contributed by atoms with E-state index in [1.807, 2.05) is 6.07 Å². The Hall–Kier alpha value is -5.24. The highest BCUT2D eigenvalue weighted by Crippen LogP contribution is 2.37. The molecule has 0 bridgehead atoms. The van der Waals surface area contributed by atoms with Crippen LogP contribution < -0.4 is 10.6 Å². The number of rotatable bonds is 15. The van der Waals surface area contributed by atoms with Crippen LogP contribution in [0.5, 0.6) is 0 Å². The lowest BCUT2D eigenvalue weighted by atomic mass is 10.1. The van der Waals surface area contributed by atoms with Crippen LogP contribution in [0.4, 0.5) is 23.0 Å². The van der Waals surface area contributed by atoms with E-state index in [0.717, 1.165) is 23.0 Å². The van der Waals surface area contributed by atoms with Crippen LogP contribution in [0.3, 0.4) is 0 Å². The number of azo groups is 1. The number of aliphatic hydroxyl groups excluding tert-OH is 2. The summed E-state index contributed by atoms with van der Waals surface area (Å²) in [5, 5.41) is 50.0. The Kier molecular flexibility index (Phi) is 11.5. The lowest BCUT2D eigenvalue weighted by Crippen LogP contribution is -2.21. The number of nitriles is 1. The molecule has 0 aliphatic carbocycles. The standard InChI is InChI=1S/C29H29N9O13S4/c1-16-21(15-30)28(32-7-10-52(41,42)11-9-40)33-29(31-6-8-39)26(16)35-34-22-4-2-17(12-25(22)55(49,50)51)38-36-23-5-3-19-20(27(23)37-38)13-18(53(43,44)45)14-24(19)54(46,47)48/h2-5,12-14,39-40H,6-11H2,1H3,(H2,31,32,33)(H,43,44,45)(H,46,47,48)(H,49,50,51). The topological polar surface area (TPSA) is 354 Å². The van der Waals surface area contributed by atoms with E-state index in [1.165, 1.54) is 25.1 Å². The maximum atomic E-state index is 12.6. The lowest BCUT2D eigenvalue weighted by molar-refractivity contribution is 0.311. The van der Waals surface area contributed by atoms with Crippen molar-refractivity contribution in [1.82, 2.24) is 20.0 Å². The smallest absolute Gasteiger partial charge is 0.296 e. The van der Waals surface area contributed by atoms with Crippen LogP contribution >= 0.6 is 0 Å². The number of aliphatic hydroxyl groups is 2. The first-order valence-corrected chi connectivity index (χ1v) is 21.5. The van der Waals surface area contributed by atoms with Crippen LogP contribution in [0.2, 0.25) is 0 Å². The SMILES string of the molecule is Cc1c(C#N)c(NCCS(=O)(=O)CCO)nc(NCCO)c1N=Nc1ccc(-n2nc3ccc4c(S(=O)(=O)O)cc(S(=O)(=O)O)cc4c3n2)cc1S(=O)(=O)O. The monoisotopic (exact) mass is 839 g/mol. The molecule has 292 valence electrons. The van der Waals surface area contributed by atoms with Crippen molar-refractivity contribution >= 4 is 85.0 Å². The number of fused-ring (bicyclic) bond motifs is 3. The third-order valence-corrected chi connectivity index (χ3v) is 12.0. The maximum absolute atomic E-state index is 12.6. The van der Waals surface area contributed by atoms with Gasteiger partial charge in [-0.15, -0.1) is 20.4 Å². The Morgan fingerprint density at radius 3 is 2.07 bits per heavy atom. The normalized spacial score (nSPS) is 12.7. The fourth-order valence-electron chi connectivity index (χ4n) is 5.20. The van der Waals surface area contributed by atoms with E-state index < -0.39 is 72.9 Å². The molecule has 7 N–H and O–H groups in total. The van der Waals surface area contributed by atoms with Crippen molar-refractivity contribution < 1.29 is 57.5 Å². The van der Waals surface area contributed by atoms with Crippen molar-refractivity contribution in [2.75, 3.05) is 48.4 Å². The molecule has 5 aromatic rings. The highest BCUT2D eigenvalue weighted by atomic mass is 32.2. The van der Waals surface area contributed by atoms with Gasteiger partial charge in [0.25, 0.3) is 30.4 Å². The lowest BCUT2D eigenvalue weighted by Gasteiger charge is -2.15. The van der Waals surface area contributed by atoms with Crippen LogP contribution in [-0.2, 0) is 40.2 Å². The molecule has 0 amide bonds. The molecule has 0 atom stereocenters. The molecule has 0 aliphatic heterocycles. The van der Waals surface area contributed by atoms with Gasteiger partial charge < -0.3 is 20.8 Å².